The normalized spacial score (nSPS) is 9.96. The molecule has 0 aliphatic heterocycles. The average Bonchev–Trinajstić information content (AvgIpc) is 3.18. The van der Waals surface area contributed by atoms with Gasteiger partial charge in [0.1, 0.15) is 58.5 Å². The molecule has 18 heteroatoms. The number of ether oxygens (including phenoxy) is 1. The Balaban J connectivity index is 0.00000336. The van der Waals surface area contributed by atoms with Crippen LogP contribution >= 0.6 is 0 Å². The Labute approximate surface area is 312 Å². The highest BCUT2D eigenvalue weighted by atomic mass is 16.5. The Bertz CT molecular complexity index is 2300. The first-order chi connectivity index (χ1) is 25.8. The standard InChI is InChI=1S/C37H28N10O6.2H2O/c48-33(43-28-16-4-5-21-38-28)24-12-6-17-29(39-24)44-34(49)25-13-7-18-30(40-25)45-35(50)26-14-8-19-31(41-26)46-36(51)27-15-9-20-32(42-27)47-37(52)53-22-23-10-2-1-3-11-23;;/h1-21H,22H2,(H,38,43,48)(H,39,44,49)(H,40,45,50)(H,41,46,51)(H,42,47,52);2*1H2. The van der Waals surface area contributed by atoms with Gasteiger partial charge in [0, 0.05) is 6.20 Å². The van der Waals surface area contributed by atoms with Gasteiger partial charge in [-0.2, -0.15) is 0 Å². The Morgan fingerprint density at radius 3 is 1.18 bits per heavy atom. The van der Waals surface area contributed by atoms with Crippen LogP contribution in [0, 0.1) is 0 Å². The van der Waals surface area contributed by atoms with Crippen LogP contribution in [0.4, 0.5) is 33.9 Å². The number of amides is 5. The zero-order chi connectivity index (χ0) is 37.0. The topological polar surface area (TPSA) is 282 Å². The second-order valence-corrected chi connectivity index (χ2v) is 10.9. The molecule has 0 aliphatic rings. The number of aromatic nitrogens is 5. The fraction of sp³-hybridized carbons (Fsp3) is 0.0270. The van der Waals surface area contributed by atoms with Crippen LogP contribution < -0.4 is 26.6 Å². The number of hydrogen-bond donors (Lipinski definition) is 5. The van der Waals surface area contributed by atoms with E-state index in [0.717, 1.165) is 5.56 Å². The first-order valence-corrected chi connectivity index (χ1v) is 15.8. The number of carbonyl (C=O) groups excluding carboxylic acids is 5. The van der Waals surface area contributed by atoms with E-state index < -0.39 is 29.7 Å². The number of anilines is 5. The highest BCUT2D eigenvalue weighted by Gasteiger charge is 2.16. The molecule has 278 valence electrons. The molecule has 0 fully saturated rings. The maximum atomic E-state index is 13.1. The predicted molar refractivity (Wildman–Crippen MR) is 200 cm³/mol. The first kappa shape index (κ1) is 39.8. The number of rotatable bonds is 11. The number of hydrogen-bond acceptors (Lipinski definition) is 11. The fourth-order valence-electron chi connectivity index (χ4n) is 4.55. The van der Waals surface area contributed by atoms with Crippen molar-refractivity contribution in [2.24, 2.45) is 0 Å². The molecule has 0 aliphatic carbocycles. The molecule has 0 saturated heterocycles. The highest BCUT2D eigenvalue weighted by Crippen LogP contribution is 2.14. The Hall–Kier alpha value is -7.96. The molecule has 5 aromatic heterocycles. The van der Waals surface area contributed by atoms with Crippen LogP contribution in [0.1, 0.15) is 47.5 Å². The summed E-state index contributed by atoms with van der Waals surface area (Å²) >= 11 is 0. The second kappa shape index (κ2) is 19.0. The number of nitrogens with zero attached hydrogens (tertiary/aromatic N) is 5. The lowest BCUT2D eigenvalue weighted by Crippen LogP contribution is -2.20. The summed E-state index contributed by atoms with van der Waals surface area (Å²) in [6.07, 6.45) is 0.790. The smallest absolute Gasteiger partial charge is 0.413 e. The van der Waals surface area contributed by atoms with E-state index >= 15 is 0 Å². The van der Waals surface area contributed by atoms with Crippen molar-refractivity contribution in [3.05, 3.63) is 156 Å². The molecule has 18 nitrogen and oxygen atoms in total. The van der Waals surface area contributed by atoms with Crippen LogP contribution in [-0.2, 0) is 11.3 Å². The maximum Gasteiger partial charge on any atom is 0.413 e. The zero-order valence-corrected chi connectivity index (χ0v) is 28.5. The molecule has 55 heavy (non-hydrogen) atoms. The van der Waals surface area contributed by atoms with Crippen LogP contribution in [-0.4, -0.2) is 65.6 Å². The lowest BCUT2D eigenvalue weighted by atomic mass is 10.2. The van der Waals surface area contributed by atoms with Crippen LogP contribution in [0.25, 0.3) is 0 Å². The van der Waals surface area contributed by atoms with E-state index in [-0.39, 0.29) is 63.6 Å². The van der Waals surface area contributed by atoms with Gasteiger partial charge in [0.05, 0.1) is 0 Å². The Morgan fingerprint density at radius 2 is 0.782 bits per heavy atom. The number of carbonyl (C=O) groups is 5. The molecule has 0 unspecified atom stereocenters. The summed E-state index contributed by atoms with van der Waals surface area (Å²) in [4.78, 5) is 84.7. The van der Waals surface area contributed by atoms with E-state index in [0.29, 0.717) is 5.82 Å². The summed E-state index contributed by atoms with van der Waals surface area (Å²) in [7, 11) is 0. The molecule has 0 radical (unpaired) electrons. The summed E-state index contributed by atoms with van der Waals surface area (Å²) in [6.45, 7) is 0.0585. The van der Waals surface area contributed by atoms with Gasteiger partial charge < -0.3 is 37.0 Å². The van der Waals surface area contributed by atoms with Crippen molar-refractivity contribution in [1.82, 2.24) is 24.9 Å². The van der Waals surface area contributed by atoms with E-state index in [4.69, 9.17) is 4.74 Å². The molecule has 6 aromatic rings. The third kappa shape index (κ3) is 11.3. The number of benzene rings is 1. The monoisotopic (exact) mass is 744 g/mol. The largest absolute Gasteiger partial charge is 0.444 e. The molecule has 1 aromatic carbocycles. The van der Waals surface area contributed by atoms with Gasteiger partial charge >= 0.3 is 6.09 Å². The maximum absolute atomic E-state index is 13.1. The van der Waals surface area contributed by atoms with Crippen molar-refractivity contribution in [3.63, 3.8) is 0 Å². The fourth-order valence-corrected chi connectivity index (χ4v) is 4.55. The summed E-state index contributed by atoms with van der Waals surface area (Å²) in [5.74, 6) is -1.84. The van der Waals surface area contributed by atoms with Gasteiger partial charge in [0.2, 0.25) is 0 Å². The highest BCUT2D eigenvalue weighted by molar-refractivity contribution is 6.06. The summed E-state index contributed by atoms with van der Waals surface area (Å²) in [5, 5.41) is 12.8. The molecule has 0 spiro atoms. The van der Waals surface area contributed by atoms with Crippen molar-refractivity contribution < 1.29 is 39.7 Å². The molecule has 0 bridgehead atoms. The minimum Gasteiger partial charge on any atom is -0.444 e. The zero-order valence-electron chi connectivity index (χ0n) is 28.5. The van der Waals surface area contributed by atoms with Crippen molar-refractivity contribution in [2.75, 3.05) is 26.6 Å². The van der Waals surface area contributed by atoms with E-state index in [1.54, 1.807) is 24.3 Å². The first-order valence-electron chi connectivity index (χ1n) is 15.8. The van der Waals surface area contributed by atoms with Gasteiger partial charge in [0.15, 0.2) is 0 Å². The second-order valence-electron chi connectivity index (χ2n) is 10.9. The van der Waals surface area contributed by atoms with Gasteiger partial charge in [-0.05, 0) is 66.2 Å². The van der Waals surface area contributed by atoms with Gasteiger partial charge in [0.25, 0.3) is 23.6 Å². The quantitative estimate of drug-likeness (QED) is 0.127. The molecule has 9 N–H and O–H groups in total. The molecule has 0 saturated carbocycles. The van der Waals surface area contributed by atoms with Gasteiger partial charge in [-0.25, -0.2) is 29.7 Å². The summed E-state index contributed by atoms with van der Waals surface area (Å²) in [6, 6.07) is 32.1. The van der Waals surface area contributed by atoms with Crippen LogP contribution in [0.2, 0.25) is 0 Å². The van der Waals surface area contributed by atoms with Crippen LogP contribution in [0.15, 0.2) is 128 Å². The Kier molecular flexibility index (Phi) is 13.8. The van der Waals surface area contributed by atoms with Gasteiger partial charge in [-0.3, -0.25) is 24.5 Å². The minimum absolute atomic E-state index is 0. The molecule has 0 atom stereocenters. The number of pyridine rings is 5. The third-order valence-corrected chi connectivity index (χ3v) is 7.00. The SMILES string of the molecule is O.O.O=C(Nc1cccc(C(=O)Nc2cccc(C(=O)Nc3cccc(C(=O)Nc4cccc(C(=O)Nc5ccccn5)n4)n3)n2)n1)OCc1ccccc1. The van der Waals surface area contributed by atoms with Gasteiger partial charge in [-0.1, -0.05) is 60.7 Å². The van der Waals surface area contributed by atoms with Crippen LogP contribution in [0.3, 0.4) is 0 Å². The van der Waals surface area contributed by atoms with Crippen molar-refractivity contribution >= 4 is 58.8 Å². The lowest BCUT2D eigenvalue weighted by Gasteiger charge is -2.10. The molecular weight excluding hydrogens is 712 g/mol. The van der Waals surface area contributed by atoms with E-state index in [1.807, 2.05) is 30.3 Å². The molecule has 5 amide bonds. The van der Waals surface area contributed by atoms with Crippen molar-refractivity contribution in [1.29, 1.82) is 0 Å². The van der Waals surface area contributed by atoms with Crippen molar-refractivity contribution in [3.8, 4) is 0 Å². The molecule has 5 heterocycles. The lowest BCUT2D eigenvalue weighted by molar-refractivity contribution is 0.100. The summed E-state index contributed by atoms with van der Waals surface area (Å²) in [5.41, 5.74) is 0.718. The summed E-state index contributed by atoms with van der Waals surface area (Å²) < 4.78 is 5.20. The average molecular weight is 745 g/mol. The third-order valence-electron chi connectivity index (χ3n) is 7.00. The van der Waals surface area contributed by atoms with E-state index in [1.165, 1.54) is 72.9 Å². The van der Waals surface area contributed by atoms with Crippen LogP contribution in [0.5, 0.6) is 0 Å². The molecule has 6 rings (SSSR count). The van der Waals surface area contributed by atoms with E-state index in [2.05, 4.69) is 51.5 Å². The number of nitrogens with one attached hydrogen (secondary N) is 5. The molecular formula is C37H32N10O8. The van der Waals surface area contributed by atoms with Crippen molar-refractivity contribution in [2.45, 2.75) is 6.61 Å². The Morgan fingerprint density at radius 1 is 0.418 bits per heavy atom. The van der Waals surface area contributed by atoms with Gasteiger partial charge in [-0.15, -0.1) is 0 Å². The predicted octanol–water partition coefficient (Wildman–Crippen LogP) is 3.77. The van der Waals surface area contributed by atoms with E-state index in [9.17, 15) is 24.0 Å². The minimum atomic E-state index is -0.745.